The Labute approximate surface area is 95.1 Å². The van der Waals surface area contributed by atoms with Crippen molar-refractivity contribution >= 4 is 0 Å². The number of pyridine rings is 1. The minimum atomic E-state index is 0.294. The predicted molar refractivity (Wildman–Crippen MR) is 62.8 cm³/mol. The van der Waals surface area contributed by atoms with Crippen molar-refractivity contribution in [1.29, 1.82) is 0 Å². The first kappa shape index (κ1) is 10.8. The molecule has 0 spiro atoms. The number of nitrogens with zero attached hydrogens (tertiary/aromatic N) is 2. The van der Waals surface area contributed by atoms with E-state index in [1.54, 1.807) is 6.20 Å². The van der Waals surface area contributed by atoms with Gasteiger partial charge in [-0.3, -0.25) is 10.1 Å². The first-order valence-corrected chi connectivity index (χ1v) is 5.39. The lowest BCUT2D eigenvalue weighted by atomic mass is 10.1. The molecular formula is C12H16N4. The lowest BCUT2D eigenvalue weighted by Gasteiger charge is -2.13. The average Bonchev–Trinajstić information content (AvgIpc) is 2.73. The molecule has 0 aromatic carbocycles. The zero-order chi connectivity index (χ0) is 11.4. The second kappa shape index (κ2) is 4.90. The van der Waals surface area contributed by atoms with E-state index in [0.29, 0.717) is 6.04 Å². The maximum Gasteiger partial charge on any atom is 0.0535 e. The first-order chi connectivity index (χ1) is 7.77. The number of aromatic amines is 1. The minimum Gasteiger partial charge on any atom is -0.306 e. The molecule has 0 aliphatic carbocycles. The molecule has 0 aliphatic heterocycles. The first-order valence-electron chi connectivity index (χ1n) is 5.39. The topological polar surface area (TPSA) is 53.6 Å². The third kappa shape index (κ3) is 2.46. The van der Waals surface area contributed by atoms with Crippen molar-refractivity contribution in [2.45, 2.75) is 26.4 Å². The van der Waals surface area contributed by atoms with Crippen LogP contribution in [0.1, 0.15) is 29.8 Å². The van der Waals surface area contributed by atoms with Crippen molar-refractivity contribution in [2.75, 3.05) is 0 Å². The van der Waals surface area contributed by atoms with Crippen molar-refractivity contribution in [1.82, 2.24) is 20.5 Å². The third-order valence-electron chi connectivity index (χ3n) is 2.72. The van der Waals surface area contributed by atoms with E-state index >= 15 is 0 Å². The smallest absolute Gasteiger partial charge is 0.0535 e. The van der Waals surface area contributed by atoms with Crippen LogP contribution in [0, 0.1) is 6.92 Å². The van der Waals surface area contributed by atoms with Crippen LogP contribution in [0.15, 0.2) is 30.7 Å². The Morgan fingerprint density at radius 2 is 2.31 bits per heavy atom. The van der Waals surface area contributed by atoms with Gasteiger partial charge in [-0.25, -0.2) is 0 Å². The molecule has 2 rings (SSSR count). The van der Waals surface area contributed by atoms with Crippen LogP contribution < -0.4 is 5.32 Å². The second-order valence-electron chi connectivity index (χ2n) is 3.91. The Balaban J connectivity index is 1.94. The summed E-state index contributed by atoms with van der Waals surface area (Å²) in [5.41, 5.74) is 3.52. The van der Waals surface area contributed by atoms with E-state index in [1.165, 1.54) is 11.1 Å². The molecule has 0 aliphatic rings. The van der Waals surface area contributed by atoms with Crippen LogP contribution in [0.25, 0.3) is 0 Å². The van der Waals surface area contributed by atoms with Gasteiger partial charge in [-0.1, -0.05) is 6.07 Å². The van der Waals surface area contributed by atoms with Crippen LogP contribution >= 0.6 is 0 Å². The summed E-state index contributed by atoms with van der Waals surface area (Å²) in [6, 6.07) is 4.33. The van der Waals surface area contributed by atoms with E-state index in [-0.39, 0.29) is 0 Å². The highest BCUT2D eigenvalue weighted by atomic mass is 15.1. The molecule has 4 heteroatoms. The monoisotopic (exact) mass is 216 g/mol. The molecule has 2 aromatic rings. The Morgan fingerprint density at radius 1 is 1.44 bits per heavy atom. The van der Waals surface area contributed by atoms with Gasteiger partial charge in [0.1, 0.15) is 0 Å². The quantitative estimate of drug-likeness (QED) is 0.821. The molecule has 0 saturated heterocycles. The van der Waals surface area contributed by atoms with Gasteiger partial charge < -0.3 is 5.32 Å². The number of rotatable bonds is 4. The highest BCUT2D eigenvalue weighted by Crippen LogP contribution is 2.11. The van der Waals surface area contributed by atoms with E-state index in [4.69, 9.17) is 0 Å². The van der Waals surface area contributed by atoms with Crippen LogP contribution in [0.4, 0.5) is 0 Å². The minimum absolute atomic E-state index is 0.294. The van der Waals surface area contributed by atoms with Crippen molar-refractivity contribution in [3.8, 4) is 0 Å². The van der Waals surface area contributed by atoms with Gasteiger partial charge in [0.05, 0.1) is 6.20 Å². The molecule has 84 valence electrons. The van der Waals surface area contributed by atoms with E-state index < -0.39 is 0 Å². The maximum atomic E-state index is 4.11. The molecule has 2 heterocycles. The number of aromatic nitrogens is 3. The van der Waals surface area contributed by atoms with Crippen molar-refractivity contribution < 1.29 is 0 Å². The van der Waals surface area contributed by atoms with E-state index in [1.807, 2.05) is 25.4 Å². The van der Waals surface area contributed by atoms with Crippen LogP contribution in [-0.4, -0.2) is 15.2 Å². The third-order valence-corrected chi connectivity index (χ3v) is 2.72. The number of hydrogen-bond donors (Lipinski definition) is 2. The number of aryl methyl sites for hydroxylation is 1. The normalized spacial score (nSPS) is 12.6. The zero-order valence-corrected chi connectivity index (χ0v) is 9.57. The summed E-state index contributed by atoms with van der Waals surface area (Å²) in [4.78, 5) is 4.11. The average molecular weight is 216 g/mol. The number of H-pyrrole nitrogens is 1. The summed E-state index contributed by atoms with van der Waals surface area (Å²) in [6.07, 6.45) is 5.54. The summed E-state index contributed by atoms with van der Waals surface area (Å²) < 4.78 is 0. The fourth-order valence-electron chi connectivity index (χ4n) is 1.57. The molecule has 1 atom stereocenters. The molecule has 0 bridgehead atoms. The molecule has 16 heavy (non-hydrogen) atoms. The highest BCUT2D eigenvalue weighted by molar-refractivity contribution is 5.16. The van der Waals surface area contributed by atoms with Gasteiger partial charge in [-0.05, 0) is 25.5 Å². The van der Waals surface area contributed by atoms with Gasteiger partial charge in [0.15, 0.2) is 0 Å². The van der Waals surface area contributed by atoms with Gasteiger partial charge in [0.25, 0.3) is 0 Å². The van der Waals surface area contributed by atoms with Crippen LogP contribution in [-0.2, 0) is 6.54 Å². The van der Waals surface area contributed by atoms with E-state index in [9.17, 15) is 0 Å². The lowest BCUT2D eigenvalue weighted by Crippen LogP contribution is -2.18. The van der Waals surface area contributed by atoms with E-state index in [0.717, 1.165) is 12.2 Å². The van der Waals surface area contributed by atoms with Gasteiger partial charge in [0, 0.05) is 36.2 Å². The van der Waals surface area contributed by atoms with Crippen molar-refractivity contribution in [3.63, 3.8) is 0 Å². The molecule has 2 aromatic heterocycles. The summed E-state index contributed by atoms with van der Waals surface area (Å²) in [6.45, 7) is 4.98. The Bertz CT molecular complexity index is 435. The fourth-order valence-corrected chi connectivity index (χ4v) is 1.57. The van der Waals surface area contributed by atoms with Gasteiger partial charge >= 0.3 is 0 Å². The van der Waals surface area contributed by atoms with Crippen LogP contribution in [0.5, 0.6) is 0 Å². The van der Waals surface area contributed by atoms with Gasteiger partial charge in [-0.15, -0.1) is 0 Å². The predicted octanol–water partition coefficient (Wildman–Crippen LogP) is 1.96. The molecule has 0 radical (unpaired) electrons. The molecule has 2 N–H and O–H groups in total. The van der Waals surface area contributed by atoms with Crippen molar-refractivity contribution in [2.24, 2.45) is 0 Å². The standard InChI is InChI=1S/C12H16N4/c1-9(11-4-3-5-13-6-11)14-7-12-8-15-16-10(12)2/h3-6,8-9,14H,7H2,1-2H3,(H,15,16)/t9-/m1/s1. The fraction of sp³-hybridized carbons (Fsp3) is 0.333. The molecule has 4 nitrogen and oxygen atoms in total. The van der Waals surface area contributed by atoms with E-state index in [2.05, 4.69) is 33.5 Å². The Hall–Kier alpha value is -1.68. The Morgan fingerprint density at radius 3 is 2.94 bits per heavy atom. The lowest BCUT2D eigenvalue weighted by molar-refractivity contribution is 0.572. The van der Waals surface area contributed by atoms with Gasteiger partial charge in [-0.2, -0.15) is 5.10 Å². The van der Waals surface area contributed by atoms with Crippen LogP contribution in [0.3, 0.4) is 0 Å². The highest BCUT2D eigenvalue weighted by Gasteiger charge is 2.06. The SMILES string of the molecule is Cc1[nH]ncc1CN[C@H](C)c1cccnc1. The molecule has 0 saturated carbocycles. The summed E-state index contributed by atoms with van der Waals surface area (Å²) in [5, 5.41) is 10.4. The molecule has 0 unspecified atom stereocenters. The molecular weight excluding hydrogens is 200 g/mol. The number of nitrogens with one attached hydrogen (secondary N) is 2. The maximum absolute atomic E-state index is 4.11. The molecule has 0 fully saturated rings. The van der Waals surface area contributed by atoms with Crippen LogP contribution in [0.2, 0.25) is 0 Å². The summed E-state index contributed by atoms with van der Waals surface area (Å²) in [7, 11) is 0. The molecule has 0 amide bonds. The zero-order valence-electron chi connectivity index (χ0n) is 9.57. The summed E-state index contributed by atoms with van der Waals surface area (Å²) >= 11 is 0. The number of hydrogen-bond acceptors (Lipinski definition) is 3. The van der Waals surface area contributed by atoms with Crippen molar-refractivity contribution in [3.05, 3.63) is 47.5 Å². The second-order valence-corrected chi connectivity index (χ2v) is 3.91. The Kier molecular flexibility index (Phi) is 3.31. The summed E-state index contributed by atoms with van der Waals surface area (Å²) in [5.74, 6) is 0. The van der Waals surface area contributed by atoms with Gasteiger partial charge in [0.2, 0.25) is 0 Å². The largest absolute Gasteiger partial charge is 0.306 e.